The van der Waals surface area contributed by atoms with Gasteiger partial charge >= 0.3 is 6.18 Å². The van der Waals surface area contributed by atoms with E-state index in [2.05, 4.69) is 20.2 Å². The van der Waals surface area contributed by atoms with Gasteiger partial charge in [-0.3, -0.25) is 15.1 Å². The monoisotopic (exact) mass is 342 g/mol. The average molecular weight is 342 g/mol. The summed E-state index contributed by atoms with van der Waals surface area (Å²) in [5.41, 5.74) is -0.000894. The molecule has 122 valence electrons. The highest BCUT2D eigenvalue weighted by molar-refractivity contribution is 7.15. The second kappa shape index (κ2) is 5.89. The molecule has 1 aliphatic rings. The number of alkyl halides is 3. The van der Waals surface area contributed by atoms with Crippen LogP contribution in [-0.2, 0) is 19.1 Å². The summed E-state index contributed by atoms with van der Waals surface area (Å²) in [4.78, 5) is 23.0. The van der Waals surface area contributed by atoms with E-state index in [1.807, 2.05) is 7.05 Å². The zero-order valence-electron chi connectivity index (χ0n) is 12.1. The minimum absolute atomic E-state index is 0.0586. The molecule has 1 amide bonds. The number of halogens is 3. The maximum Gasteiger partial charge on any atom is 0.433 e. The fourth-order valence-electron chi connectivity index (χ4n) is 2.24. The first-order valence-electron chi connectivity index (χ1n) is 6.84. The maximum absolute atomic E-state index is 12.5. The van der Waals surface area contributed by atoms with Crippen LogP contribution < -0.4 is 5.32 Å². The number of likely N-dealkylation sites (N-methyl/N-ethyl adjacent to an activating group) is 1. The van der Waals surface area contributed by atoms with Crippen molar-refractivity contribution in [2.45, 2.75) is 19.1 Å². The van der Waals surface area contributed by atoms with Gasteiger partial charge in [0.05, 0.1) is 11.3 Å². The average Bonchev–Trinajstić information content (AvgIpc) is 2.87. The number of hydrogen-bond acceptors (Lipinski definition) is 5. The Labute approximate surface area is 134 Å². The van der Waals surface area contributed by atoms with Crippen LogP contribution in [0.4, 0.5) is 18.3 Å². The summed E-state index contributed by atoms with van der Waals surface area (Å²) in [6, 6.07) is 1.89. The number of carbonyl (C=O) groups excluding carboxylic acids is 1. The molecule has 2 aromatic heterocycles. The van der Waals surface area contributed by atoms with E-state index in [-0.39, 0.29) is 5.56 Å². The van der Waals surface area contributed by atoms with Crippen molar-refractivity contribution in [1.29, 1.82) is 0 Å². The van der Waals surface area contributed by atoms with Gasteiger partial charge in [-0.25, -0.2) is 4.98 Å². The molecule has 3 heterocycles. The fraction of sp³-hybridized carbons (Fsp3) is 0.357. The van der Waals surface area contributed by atoms with Crippen LogP contribution in [0.15, 0.2) is 18.3 Å². The predicted molar refractivity (Wildman–Crippen MR) is 79.3 cm³/mol. The Balaban J connectivity index is 1.72. The fourth-order valence-corrected chi connectivity index (χ4v) is 3.33. The number of amides is 1. The number of carbonyl (C=O) groups is 1. The van der Waals surface area contributed by atoms with E-state index in [1.54, 1.807) is 0 Å². The lowest BCUT2D eigenvalue weighted by Gasteiger charge is -2.20. The molecular weight excluding hydrogens is 329 g/mol. The van der Waals surface area contributed by atoms with Gasteiger partial charge in [0.15, 0.2) is 5.13 Å². The molecule has 3 rings (SSSR count). The molecule has 2 aromatic rings. The lowest BCUT2D eigenvalue weighted by Crippen LogP contribution is -2.25. The van der Waals surface area contributed by atoms with Gasteiger partial charge in [0, 0.05) is 30.6 Å². The van der Waals surface area contributed by atoms with Crippen molar-refractivity contribution in [3.63, 3.8) is 0 Å². The molecule has 9 heteroatoms. The van der Waals surface area contributed by atoms with Gasteiger partial charge in [0.2, 0.25) is 0 Å². The summed E-state index contributed by atoms with van der Waals surface area (Å²) in [5, 5.41) is 3.07. The molecule has 0 aromatic carbocycles. The second-order valence-electron chi connectivity index (χ2n) is 5.26. The van der Waals surface area contributed by atoms with Crippen molar-refractivity contribution in [3.8, 4) is 0 Å². The Hall–Kier alpha value is -2.00. The summed E-state index contributed by atoms with van der Waals surface area (Å²) in [6.07, 6.45) is -2.78. The quantitative estimate of drug-likeness (QED) is 0.912. The van der Waals surface area contributed by atoms with E-state index in [0.717, 1.165) is 48.4 Å². The van der Waals surface area contributed by atoms with Gasteiger partial charge < -0.3 is 4.90 Å². The normalized spacial score (nSPS) is 15.3. The molecule has 0 radical (unpaired) electrons. The van der Waals surface area contributed by atoms with Crippen LogP contribution in [-0.4, -0.2) is 34.4 Å². The summed E-state index contributed by atoms with van der Waals surface area (Å²) in [6.45, 7) is 1.69. The van der Waals surface area contributed by atoms with Crippen molar-refractivity contribution in [3.05, 3.63) is 40.2 Å². The Morgan fingerprint density at radius 1 is 1.39 bits per heavy atom. The molecule has 0 aliphatic carbocycles. The summed E-state index contributed by atoms with van der Waals surface area (Å²) >= 11 is 1.38. The van der Waals surface area contributed by atoms with Crippen molar-refractivity contribution in [1.82, 2.24) is 14.9 Å². The largest absolute Gasteiger partial charge is 0.433 e. The van der Waals surface area contributed by atoms with Gasteiger partial charge in [0.25, 0.3) is 5.91 Å². The van der Waals surface area contributed by atoms with Crippen molar-refractivity contribution in [2.24, 2.45) is 0 Å². The minimum Gasteiger partial charge on any atom is -0.301 e. The molecule has 0 saturated heterocycles. The van der Waals surface area contributed by atoms with E-state index < -0.39 is 17.8 Å². The van der Waals surface area contributed by atoms with Gasteiger partial charge in [-0.15, -0.1) is 11.3 Å². The van der Waals surface area contributed by atoms with Gasteiger partial charge in [-0.05, 0) is 19.2 Å². The van der Waals surface area contributed by atoms with Crippen LogP contribution in [0, 0.1) is 0 Å². The predicted octanol–water partition coefficient (Wildman–Crippen LogP) is 2.80. The lowest BCUT2D eigenvalue weighted by molar-refractivity contribution is -0.141. The molecule has 0 atom stereocenters. The first-order valence-corrected chi connectivity index (χ1v) is 7.66. The summed E-state index contributed by atoms with van der Waals surface area (Å²) in [7, 11) is 2.01. The Morgan fingerprint density at radius 3 is 2.83 bits per heavy atom. The van der Waals surface area contributed by atoms with Crippen LogP contribution in [0.2, 0.25) is 0 Å². The van der Waals surface area contributed by atoms with Crippen LogP contribution in [0.25, 0.3) is 0 Å². The van der Waals surface area contributed by atoms with Crippen LogP contribution in [0.3, 0.4) is 0 Å². The number of nitrogens with one attached hydrogen (secondary N) is 1. The minimum atomic E-state index is -4.52. The first-order chi connectivity index (χ1) is 10.8. The van der Waals surface area contributed by atoms with E-state index in [9.17, 15) is 18.0 Å². The number of pyridine rings is 1. The number of fused-ring (bicyclic) bond motifs is 1. The topological polar surface area (TPSA) is 58.1 Å². The van der Waals surface area contributed by atoms with E-state index in [4.69, 9.17) is 0 Å². The summed E-state index contributed by atoms with van der Waals surface area (Å²) in [5.74, 6) is -0.523. The van der Waals surface area contributed by atoms with E-state index >= 15 is 0 Å². The standard InChI is InChI=1S/C14H13F3N4OS/c1-21-5-4-9-10(7-21)23-13(19-9)20-12(22)8-2-3-11(18-6-8)14(15,16)17/h2-3,6H,4-5,7H2,1H3,(H,19,20,22). The first kappa shape index (κ1) is 15.9. The number of rotatable bonds is 2. The SMILES string of the molecule is CN1CCc2nc(NC(=O)c3ccc(C(F)(F)F)nc3)sc2C1. The number of nitrogens with zero attached hydrogens (tertiary/aromatic N) is 3. The molecule has 0 fully saturated rings. The molecule has 0 saturated carbocycles. The van der Waals surface area contributed by atoms with Gasteiger partial charge in [-0.2, -0.15) is 13.2 Å². The van der Waals surface area contributed by atoms with Crippen LogP contribution in [0.5, 0.6) is 0 Å². The molecule has 23 heavy (non-hydrogen) atoms. The zero-order valence-corrected chi connectivity index (χ0v) is 13.0. The van der Waals surface area contributed by atoms with E-state index in [1.165, 1.54) is 11.3 Å². The highest BCUT2D eigenvalue weighted by Crippen LogP contribution is 2.29. The Morgan fingerprint density at radius 2 is 2.17 bits per heavy atom. The number of hydrogen-bond donors (Lipinski definition) is 1. The third-order valence-corrected chi connectivity index (χ3v) is 4.46. The third-order valence-electron chi connectivity index (χ3n) is 3.46. The van der Waals surface area contributed by atoms with Crippen LogP contribution >= 0.6 is 11.3 Å². The van der Waals surface area contributed by atoms with Gasteiger partial charge in [-0.1, -0.05) is 0 Å². The second-order valence-corrected chi connectivity index (χ2v) is 6.34. The molecule has 0 spiro atoms. The highest BCUT2D eigenvalue weighted by Gasteiger charge is 2.32. The highest BCUT2D eigenvalue weighted by atomic mass is 32.1. The number of anilines is 1. The third kappa shape index (κ3) is 3.50. The molecular formula is C14H13F3N4OS. The zero-order chi connectivity index (χ0) is 16.6. The van der Waals surface area contributed by atoms with Crippen LogP contribution in [0.1, 0.15) is 26.6 Å². The molecule has 5 nitrogen and oxygen atoms in total. The summed E-state index contributed by atoms with van der Waals surface area (Å²) < 4.78 is 37.4. The number of thiazole rings is 1. The van der Waals surface area contributed by atoms with Gasteiger partial charge in [0.1, 0.15) is 5.69 Å². The molecule has 0 unspecified atom stereocenters. The van der Waals surface area contributed by atoms with E-state index in [0.29, 0.717) is 5.13 Å². The Kier molecular flexibility index (Phi) is 4.07. The molecule has 1 aliphatic heterocycles. The van der Waals surface area contributed by atoms with Crippen molar-refractivity contribution >= 4 is 22.4 Å². The smallest absolute Gasteiger partial charge is 0.301 e. The Bertz CT molecular complexity index is 727. The van der Waals surface area contributed by atoms with Crippen molar-refractivity contribution in [2.75, 3.05) is 18.9 Å². The number of aromatic nitrogens is 2. The molecule has 1 N–H and O–H groups in total. The maximum atomic E-state index is 12.5. The van der Waals surface area contributed by atoms with Crippen molar-refractivity contribution < 1.29 is 18.0 Å². The lowest BCUT2D eigenvalue weighted by atomic mass is 10.2. The molecule has 0 bridgehead atoms.